The number of aliphatic hydroxyl groups is 1. The van der Waals surface area contributed by atoms with E-state index in [1.165, 1.54) is 0 Å². The monoisotopic (exact) mass is 445 g/mol. The lowest BCUT2D eigenvalue weighted by molar-refractivity contribution is -0.101. The van der Waals surface area contributed by atoms with Crippen LogP contribution in [0.1, 0.15) is 56.6 Å². The maximum Gasteiger partial charge on any atom is 0.411 e. The Morgan fingerprint density at radius 1 is 1.12 bits per heavy atom. The van der Waals surface area contributed by atoms with Gasteiger partial charge < -0.3 is 14.7 Å². The molecule has 0 spiro atoms. The fourth-order valence-corrected chi connectivity index (χ4v) is 4.62. The predicted molar refractivity (Wildman–Crippen MR) is 127 cm³/mol. The van der Waals surface area contributed by atoms with E-state index in [0.29, 0.717) is 19.4 Å². The standard InChI is InChI=1S/C27H31N3O3/c1-19(21-10-12-22(13-11-21)24-14-16-28-20(2)29-24)30-17-15-27(33-25(30)31,18-26(3,4)32)23-8-6-5-7-9-23/h5-14,16,19,32H,15,17-18H2,1-4H3/t19-,27-/m0/s1. The molecule has 2 atom stereocenters. The first-order valence-electron chi connectivity index (χ1n) is 11.3. The first-order valence-corrected chi connectivity index (χ1v) is 11.3. The highest BCUT2D eigenvalue weighted by atomic mass is 16.6. The maximum absolute atomic E-state index is 13.2. The topological polar surface area (TPSA) is 75.6 Å². The first kappa shape index (κ1) is 22.9. The largest absolute Gasteiger partial charge is 0.438 e. The summed E-state index contributed by atoms with van der Waals surface area (Å²) in [5, 5.41) is 10.6. The van der Waals surface area contributed by atoms with Gasteiger partial charge in [-0.25, -0.2) is 14.8 Å². The fourth-order valence-electron chi connectivity index (χ4n) is 4.62. The SMILES string of the molecule is Cc1nccc(-c2ccc([C@H](C)N3CC[C@](CC(C)(C)O)(c4ccccc4)OC3=O)cc2)n1. The van der Waals surface area contributed by atoms with Crippen LogP contribution in [0, 0.1) is 6.92 Å². The Kier molecular flexibility index (Phi) is 6.21. The molecule has 1 aliphatic rings. The molecule has 1 aliphatic heterocycles. The van der Waals surface area contributed by atoms with Crippen molar-refractivity contribution in [3.05, 3.63) is 83.8 Å². The normalized spacial score (nSPS) is 19.8. The first-order chi connectivity index (χ1) is 15.7. The number of aromatic nitrogens is 2. The van der Waals surface area contributed by atoms with Gasteiger partial charge in [0.2, 0.25) is 0 Å². The number of carbonyl (C=O) groups is 1. The van der Waals surface area contributed by atoms with Crippen molar-refractivity contribution in [1.82, 2.24) is 14.9 Å². The van der Waals surface area contributed by atoms with Gasteiger partial charge in [-0.3, -0.25) is 0 Å². The summed E-state index contributed by atoms with van der Waals surface area (Å²) >= 11 is 0. The summed E-state index contributed by atoms with van der Waals surface area (Å²) < 4.78 is 6.11. The van der Waals surface area contributed by atoms with Crippen molar-refractivity contribution in [2.45, 2.75) is 57.8 Å². The zero-order valence-electron chi connectivity index (χ0n) is 19.7. The van der Waals surface area contributed by atoms with Crippen LogP contribution in [0.2, 0.25) is 0 Å². The summed E-state index contributed by atoms with van der Waals surface area (Å²) in [6.45, 7) is 7.92. The molecule has 4 rings (SSSR count). The van der Waals surface area contributed by atoms with E-state index in [-0.39, 0.29) is 12.1 Å². The van der Waals surface area contributed by atoms with Crippen LogP contribution in [0.25, 0.3) is 11.3 Å². The number of nitrogens with zero attached hydrogens (tertiary/aromatic N) is 3. The van der Waals surface area contributed by atoms with E-state index in [9.17, 15) is 9.90 Å². The number of carbonyl (C=O) groups excluding carboxylic acids is 1. The Morgan fingerprint density at radius 2 is 1.82 bits per heavy atom. The minimum Gasteiger partial charge on any atom is -0.438 e. The van der Waals surface area contributed by atoms with Gasteiger partial charge in [0.15, 0.2) is 0 Å². The number of benzene rings is 2. The molecule has 1 aromatic heterocycles. The van der Waals surface area contributed by atoms with E-state index in [1.54, 1.807) is 24.9 Å². The van der Waals surface area contributed by atoms with Gasteiger partial charge in [-0.1, -0.05) is 54.6 Å². The third-order valence-corrected chi connectivity index (χ3v) is 6.22. The molecule has 1 N–H and O–H groups in total. The molecule has 3 aromatic rings. The third-order valence-electron chi connectivity index (χ3n) is 6.22. The molecule has 0 bridgehead atoms. The molecular formula is C27H31N3O3. The highest BCUT2D eigenvalue weighted by Gasteiger charge is 2.46. The summed E-state index contributed by atoms with van der Waals surface area (Å²) in [5.74, 6) is 0.731. The van der Waals surface area contributed by atoms with E-state index in [2.05, 4.69) is 9.97 Å². The van der Waals surface area contributed by atoms with Gasteiger partial charge in [-0.15, -0.1) is 0 Å². The number of rotatable bonds is 6. The van der Waals surface area contributed by atoms with E-state index in [0.717, 1.165) is 28.2 Å². The molecule has 0 saturated carbocycles. The minimum atomic E-state index is -0.973. The lowest BCUT2D eigenvalue weighted by atomic mass is 9.80. The Balaban J connectivity index is 1.53. The average molecular weight is 446 g/mol. The minimum absolute atomic E-state index is 0.144. The van der Waals surface area contributed by atoms with Gasteiger partial charge in [-0.05, 0) is 44.9 Å². The van der Waals surface area contributed by atoms with E-state index >= 15 is 0 Å². The van der Waals surface area contributed by atoms with Crippen molar-refractivity contribution in [2.75, 3.05) is 6.54 Å². The molecule has 1 saturated heterocycles. The van der Waals surface area contributed by atoms with Gasteiger partial charge in [-0.2, -0.15) is 0 Å². The molecule has 2 aromatic carbocycles. The highest BCUT2D eigenvalue weighted by Crippen LogP contribution is 2.42. The summed E-state index contributed by atoms with van der Waals surface area (Å²) in [6.07, 6.45) is 2.34. The van der Waals surface area contributed by atoms with Gasteiger partial charge in [0, 0.05) is 31.1 Å². The summed E-state index contributed by atoms with van der Waals surface area (Å²) in [4.78, 5) is 23.6. The Labute approximate surface area is 195 Å². The van der Waals surface area contributed by atoms with Crippen molar-refractivity contribution in [2.24, 2.45) is 0 Å². The third kappa shape index (κ3) is 5.06. The van der Waals surface area contributed by atoms with Crippen LogP contribution in [-0.4, -0.2) is 38.2 Å². The number of hydrogen-bond acceptors (Lipinski definition) is 5. The van der Waals surface area contributed by atoms with Crippen LogP contribution in [-0.2, 0) is 10.3 Å². The maximum atomic E-state index is 13.2. The molecule has 6 heteroatoms. The number of hydrogen-bond donors (Lipinski definition) is 1. The number of amides is 1. The number of ether oxygens (including phenoxy) is 1. The molecule has 1 amide bonds. The van der Waals surface area contributed by atoms with Gasteiger partial charge in [0.1, 0.15) is 11.4 Å². The Bertz CT molecular complexity index is 1110. The fraction of sp³-hybridized carbons (Fsp3) is 0.370. The quantitative estimate of drug-likeness (QED) is 0.549. The van der Waals surface area contributed by atoms with Crippen molar-refractivity contribution in [3.8, 4) is 11.3 Å². The van der Waals surface area contributed by atoms with Crippen LogP contribution >= 0.6 is 0 Å². The van der Waals surface area contributed by atoms with Gasteiger partial charge >= 0.3 is 6.09 Å². The molecule has 0 unspecified atom stereocenters. The van der Waals surface area contributed by atoms with Gasteiger partial charge in [0.25, 0.3) is 0 Å². The molecule has 0 aliphatic carbocycles. The smallest absolute Gasteiger partial charge is 0.411 e. The van der Waals surface area contributed by atoms with Gasteiger partial charge in [0.05, 0.1) is 17.3 Å². The van der Waals surface area contributed by atoms with E-state index in [1.807, 2.05) is 74.5 Å². The summed E-state index contributed by atoms with van der Waals surface area (Å²) in [7, 11) is 0. The lowest BCUT2D eigenvalue weighted by Gasteiger charge is -2.45. The van der Waals surface area contributed by atoms with E-state index in [4.69, 9.17) is 4.74 Å². The summed E-state index contributed by atoms with van der Waals surface area (Å²) in [5.41, 5.74) is 2.00. The second-order valence-electron chi connectivity index (χ2n) is 9.45. The zero-order chi connectivity index (χ0) is 23.6. The van der Waals surface area contributed by atoms with Crippen molar-refractivity contribution < 1.29 is 14.6 Å². The highest BCUT2D eigenvalue weighted by molar-refractivity contribution is 5.70. The number of cyclic esters (lactones) is 1. The van der Waals surface area contributed by atoms with Crippen LogP contribution < -0.4 is 0 Å². The summed E-state index contributed by atoms with van der Waals surface area (Å²) in [6, 6.07) is 19.6. The predicted octanol–water partition coefficient (Wildman–Crippen LogP) is 5.41. The molecular weight excluding hydrogens is 414 g/mol. The van der Waals surface area contributed by atoms with Crippen molar-refractivity contribution in [1.29, 1.82) is 0 Å². The molecule has 172 valence electrons. The Morgan fingerprint density at radius 3 is 2.42 bits per heavy atom. The lowest BCUT2D eigenvalue weighted by Crippen LogP contribution is -2.51. The molecule has 33 heavy (non-hydrogen) atoms. The number of aryl methyl sites for hydroxylation is 1. The van der Waals surface area contributed by atoms with E-state index < -0.39 is 11.2 Å². The molecule has 6 nitrogen and oxygen atoms in total. The zero-order valence-corrected chi connectivity index (χ0v) is 19.7. The molecule has 1 fully saturated rings. The Hall–Kier alpha value is -3.25. The molecule has 2 heterocycles. The van der Waals surface area contributed by atoms with Crippen LogP contribution in [0.5, 0.6) is 0 Å². The second kappa shape index (κ2) is 8.94. The van der Waals surface area contributed by atoms with Crippen molar-refractivity contribution >= 4 is 6.09 Å². The van der Waals surface area contributed by atoms with Crippen LogP contribution in [0.3, 0.4) is 0 Å². The van der Waals surface area contributed by atoms with Crippen molar-refractivity contribution in [3.63, 3.8) is 0 Å². The second-order valence-corrected chi connectivity index (χ2v) is 9.45. The average Bonchev–Trinajstić information content (AvgIpc) is 2.78. The van der Waals surface area contributed by atoms with Crippen LogP contribution in [0.4, 0.5) is 4.79 Å². The molecule has 0 radical (unpaired) electrons. The van der Waals surface area contributed by atoms with Crippen LogP contribution in [0.15, 0.2) is 66.9 Å².